The van der Waals surface area contributed by atoms with Gasteiger partial charge in [0.05, 0.1) is 0 Å². The Morgan fingerprint density at radius 2 is 2.07 bits per heavy atom. The third kappa shape index (κ3) is 4.63. The molecule has 0 saturated carbocycles. The quantitative estimate of drug-likeness (QED) is 0.764. The molecule has 1 amide bonds. The number of rotatable bonds is 6. The van der Waals surface area contributed by atoms with Gasteiger partial charge in [-0.3, -0.25) is 14.3 Å². The van der Waals surface area contributed by atoms with Crippen molar-refractivity contribution in [3.63, 3.8) is 0 Å². The van der Waals surface area contributed by atoms with Crippen LogP contribution in [0, 0.1) is 0 Å². The van der Waals surface area contributed by atoms with Crippen molar-refractivity contribution in [2.75, 3.05) is 12.4 Å². The maximum atomic E-state index is 13.1. The van der Waals surface area contributed by atoms with Crippen LogP contribution in [0.1, 0.15) is 22.5 Å². The number of carbonyl (C=O) groups is 1. The lowest BCUT2D eigenvalue weighted by Crippen LogP contribution is -2.33. The van der Waals surface area contributed by atoms with E-state index in [4.69, 9.17) is 10.6 Å². The monoisotopic (exact) mass is 369 g/mol. The third-order valence-electron chi connectivity index (χ3n) is 4.10. The standard InChI is InChI=1S/C20H20FN3O3/c21-16-8-6-14(7-9-16)12-23-20(26)18-19(17(25)10-11-24(18)22)27-13-15-4-2-1-3-5-15/h1-8,10-11,16H,9,12-13,22H2,(H,23,26). The molecule has 0 fully saturated rings. The van der Waals surface area contributed by atoms with Crippen molar-refractivity contribution < 1.29 is 13.9 Å². The predicted octanol–water partition coefficient (Wildman–Crippen LogP) is 2.10. The predicted molar refractivity (Wildman–Crippen MR) is 101 cm³/mol. The number of amides is 1. The van der Waals surface area contributed by atoms with Crippen LogP contribution < -0.4 is 21.3 Å². The summed E-state index contributed by atoms with van der Waals surface area (Å²) in [6.45, 7) is 0.329. The van der Waals surface area contributed by atoms with Crippen LogP contribution in [0.2, 0.25) is 0 Å². The third-order valence-corrected chi connectivity index (χ3v) is 4.10. The Morgan fingerprint density at radius 1 is 1.30 bits per heavy atom. The van der Waals surface area contributed by atoms with Crippen molar-refractivity contribution in [2.45, 2.75) is 19.2 Å². The summed E-state index contributed by atoms with van der Waals surface area (Å²) in [5.41, 5.74) is 1.14. The number of hydrogen-bond donors (Lipinski definition) is 2. The van der Waals surface area contributed by atoms with Gasteiger partial charge in [0.25, 0.3) is 5.91 Å². The van der Waals surface area contributed by atoms with Crippen LogP contribution in [0.25, 0.3) is 0 Å². The number of benzene rings is 1. The zero-order chi connectivity index (χ0) is 19.2. The number of alkyl halides is 1. The van der Waals surface area contributed by atoms with Crippen molar-refractivity contribution in [3.8, 4) is 5.75 Å². The lowest BCUT2D eigenvalue weighted by Gasteiger charge is -2.15. The summed E-state index contributed by atoms with van der Waals surface area (Å²) in [6.07, 6.45) is 5.38. The SMILES string of the molecule is Nn1ccc(=O)c(OCc2ccccc2)c1C(=O)NCC1=CCC(F)C=C1. The van der Waals surface area contributed by atoms with Gasteiger partial charge in [0, 0.05) is 25.2 Å². The van der Waals surface area contributed by atoms with Gasteiger partial charge in [-0.1, -0.05) is 48.6 Å². The van der Waals surface area contributed by atoms with E-state index in [1.165, 1.54) is 18.3 Å². The number of nitrogens with two attached hydrogens (primary N) is 1. The number of nitrogens with one attached hydrogen (secondary N) is 1. The van der Waals surface area contributed by atoms with E-state index in [0.29, 0.717) is 0 Å². The Morgan fingerprint density at radius 3 is 2.78 bits per heavy atom. The van der Waals surface area contributed by atoms with Crippen LogP contribution in [0.3, 0.4) is 0 Å². The number of pyridine rings is 1. The van der Waals surface area contributed by atoms with E-state index in [-0.39, 0.29) is 31.0 Å². The molecular formula is C20H20FN3O3. The molecule has 2 aromatic rings. The van der Waals surface area contributed by atoms with E-state index in [1.54, 1.807) is 12.2 Å². The molecule has 0 saturated heterocycles. The molecular weight excluding hydrogens is 349 g/mol. The zero-order valence-corrected chi connectivity index (χ0v) is 14.6. The highest BCUT2D eigenvalue weighted by molar-refractivity contribution is 5.95. The average Bonchev–Trinajstić information content (AvgIpc) is 2.68. The van der Waals surface area contributed by atoms with Crippen LogP contribution in [0.5, 0.6) is 5.75 Å². The van der Waals surface area contributed by atoms with Gasteiger partial charge in [-0.15, -0.1) is 0 Å². The second-order valence-electron chi connectivity index (χ2n) is 6.11. The second kappa shape index (κ2) is 8.35. The van der Waals surface area contributed by atoms with Crippen LogP contribution in [-0.2, 0) is 6.61 Å². The van der Waals surface area contributed by atoms with Gasteiger partial charge in [-0.25, -0.2) is 4.39 Å². The lowest BCUT2D eigenvalue weighted by molar-refractivity contribution is 0.0943. The van der Waals surface area contributed by atoms with Crippen molar-refractivity contribution >= 4 is 5.91 Å². The molecule has 3 rings (SSSR count). The van der Waals surface area contributed by atoms with E-state index in [1.807, 2.05) is 30.3 Å². The Hall–Kier alpha value is -3.35. The number of nitrogen functional groups attached to an aromatic ring is 1. The van der Waals surface area contributed by atoms with Gasteiger partial charge in [0.2, 0.25) is 5.43 Å². The fourth-order valence-electron chi connectivity index (χ4n) is 2.66. The molecule has 1 heterocycles. The van der Waals surface area contributed by atoms with E-state index in [2.05, 4.69) is 5.32 Å². The molecule has 0 aliphatic heterocycles. The topological polar surface area (TPSA) is 86.3 Å². The van der Waals surface area contributed by atoms with Gasteiger partial charge in [0.15, 0.2) is 11.4 Å². The average molecular weight is 369 g/mol. The van der Waals surface area contributed by atoms with Crippen molar-refractivity contribution in [1.82, 2.24) is 9.99 Å². The molecule has 1 aliphatic carbocycles. The fourth-order valence-corrected chi connectivity index (χ4v) is 2.66. The highest BCUT2D eigenvalue weighted by Crippen LogP contribution is 2.15. The van der Waals surface area contributed by atoms with E-state index in [9.17, 15) is 14.0 Å². The molecule has 1 aromatic carbocycles. The summed E-state index contributed by atoms with van der Waals surface area (Å²) in [5.74, 6) is 5.19. The van der Waals surface area contributed by atoms with Crippen LogP contribution in [0.15, 0.2) is 71.2 Å². The number of aromatic nitrogens is 1. The van der Waals surface area contributed by atoms with E-state index in [0.717, 1.165) is 15.8 Å². The van der Waals surface area contributed by atoms with Crippen LogP contribution in [0.4, 0.5) is 4.39 Å². The summed E-state index contributed by atoms with van der Waals surface area (Å²) < 4.78 is 19.8. The number of halogens is 1. The van der Waals surface area contributed by atoms with Crippen LogP contribution in [-0.4, -0.2) is 23.3 Å². The molecule has 0 radical (unpaired) electrons. The maximum Gasteiger partial charge on any atom is 0.274 e. The first-order chi connectivity index (χ1) is 13.0. The van der Waals surface area contributed by atoms with Crippen molar-refractivity contribution in [3.05, 3.63) is 87.9 Å². The smallest absolute Gasteiger partial charge is 0.274 e. The Balaban J connectivity index is 1.75. The number of ether oxygens (including phenoxy) is 1. The van der Waals surface area contributed by atoms with Gasteiger partial charge in [-0.05, 0) is 11.1 Å². The number of hydrogen-bond acceptors (Lipinski definition) is 4. The fraction of sp³-hybridized carbons (Fsp3) is 0.200. The molecule has 140 valence electrons. The zero-order valence-electron chi connectivity index (χ0n) is 14.6. The molecule has 6 nitrogen and oxygen atoms in total. The Bertz CT molecular complexity index is 935. The second-order valence-corrected chi connectivity index (χ2v) is 6.11. The Kier molecular flexibility index (Phi) is 5.71. The van der Waals surface area contributed by atoms with Crippen molar-refractivity contribution in [1.29, 1.82) is 0 Å². The molecule has 27 heavy (non-hydrogen) atoms. The minimum Gasteiger partial charge on any atom is -0.482 e. The summed E-state index contributed by atoms with van der Waals surface area (Å²) >= 11 is 0. The first kappa shape index (κ1) is 18.4. The van der Waals surface area contributed by atoms with Gasteiger partial charge < -0.3 is 15.9 Å². The normalized spacial score (nSPS) is 15.9. The largest absolute Gasteiger partial charge is 0.482 e. The molecule has 1 atom stereocenters. The number of allylic oxidation sites excluding steroid dienone is 2. The Labute approximate surface area is 155 Å². The highest BCUT2D eigenvalue weighted by Gasteiger charge is 2.20. The summed E-state index contributed by atoms with van der Waals surface area (Å²) in [4.78, 5) is 24.8. The summed E-state index contributed by atoms with van der Waals surface area (Å²) in [5, 5.41) is 2.69. The molecule has 0 bridgehead atoms. The van der Waals surface area contributed by atoms with E-state index < -0.39 is 17.5 Å². The maximum absolute atomic E-state index is 13.1. The molecule has 7 heteroatoms. The molecule has 1 aliphatic rings. The van der Waals surface area contributed by atoms with E-state index >= 15 is 0 Å². The minimum atomic E-state index is -0.995. The number of carbonyl (C=O) groups excluding carboxylic acids is 1. The highest BCUT2D eigenvalue weighted by atomic mass is 19.1. The molecule has 1 unspecified atom stereocenters. The summed E-state index contributed by atoms with van der Waals surface area (Å²) in [6, 6.07) is 10.5. The van der Waals surface area contributed by atoms with Crippen LogP contribution >= 0.6 is 0 Å². The molecule has 3 N–H and O–H groups in total. The number of nitrogens with zero attached hydrogens (tertiary/aromatic N) is 1. The van der Waals surface area contributed by atoms with Gasteiger partial charge >= 0.3 is 0 Å². The molecule has 1 aromatic heterocycles. The lowest BCUT2D eigenvalue weighted by atomic mass is 10.1. The minimum absolute atomic E-state index is 0.0674. The summed E-state index contributed by atoms with van der Waals surface area (Å²) in [7, 11) is 0. The first-order valence-corrected chi connectivity index (χ1v) is 8.51. The van der Waals surface area contributed by atoms with Gasteiger partial charge in [-0.2, -0.15) is 0 Å². The van der Waals surface area contributed by atoms with Gasteiger partial charge in [0.1, 0.15) is 12.8 Å². The van der Waals surface area contributed by atoms with Crippen molar-refractivity contribution in [2.24, 2.45) is 0 Å². The molecule has 0 spiro atoms. The first-order valence-electron chi connectivity index (χ1n) is 8.51.